The highest BCUT2D eigenvalue weighted by atomic mass is 32.2. The van der Waals surface area contributed by atoms with E-state index in [9.17, 15) is 50.9 Å². The second kappa shape index (κ2) is 9.11. The zero-order chi connectivity index (χ0) is 30.3. The first-order valence-electron chi connectivity index (χ1n) is 11.5. The Kier molecular flexibility index (Phi) is 6.39. The molecule has 4 atom stereocenters. The van der Waals surface area contributed by atoms with Crippen LogP contribution in [0.5, 0.6) is 0 Å². The molecule has 4 aliphatic rings. The minimum Gasteiger partial charge on any atom is -0.451 e. The quantitative estimate of drug-likeness (QED) is 0.169. The average molecular weight is 611 g/mol. The predicted octanol–water partition coefficient (Wildman–Crippen LogP) is -0.379. The number of nitrogens with two attached hydrogens (primary N) is 2. The summed E-state index contributed by atoms with van der Waals surface area (Å²) < 4.78 is 85.3. The van der Waals surface area contributed by atoms with E-state index in [4.69, 9.17) is 16.2 Å². The van der Waals surface area contributed by atoms with Crippen LogP contribution >= 0.6 is 11.8 Å². The Balaban J connectivity index is 1.49. The molecular weight excluding hydrogens is 592 g/mol. The van der Waals surface area contributed by atoms with E-state index in [0.29, 0.717) is 0 Å². The highest BCUT2D eigenvalue weighted by molar-refractivity contribution is 8.14. The standard InChI is InChI=1S/C21H19F6N7O6S/c22-20(23,24)7-1-2-9(21(25,26)27)8(3-7)14(36)40-11-5-34-16(29)30-10(4-33-12(35)6-41-17(33)37)13-18(34,19(11,38)39)32-15(28)31-13/h1-3,10-11,13,38-39H,4-6H2,(H2,29,30)(H3,28,31,32)/t10-,11-,13-,18-/m0/s1. The van der Waals surface area contributed by atoms with Gasteiger partial charge in [-0.05, 0) is 18.2 Å². The Morgan fingerprint density at radius 2 is 1.83 bits per heavy atom. The van der Waals surface area contributed by atoms with Crippen LogP contribution in [0.25, 0.3) is 0 Å². The summed E-state index contributed by atoms with van der Waals surface area (Å²) in [5.74, 6) is -6.74. The molecule has 222 valence electrons. The smallest absolute Gasteiger partial charge is 0.417 e. The van der Waals surface area contributed by atoms with E-state index in [1.165, 1.54) is 0 Å². The van der Waals surface area contributed by atoms with Crippen LogP contribution in [-0.4, -0.2) is 97.5 Å². The Morgan fingerprint density at radius 1 is 1.15 bits per heavy atom. The molecule has 0 unspecified atom stereocenters. The predicted molar refractivity (Wildman–Crippen MR) is 126 cm³/mol. The molecule has 4 heterocycles. The van der Waals surface area contributed by atoms with Crippen LogP contribution in [0.1, 0.15) is 21.5 Å². The Labute approximate surface area is 229 Å². The van der Waals surface area contributed by atoms with Gasteiger partial charge in [0.25, 0.3) is 5.24 Å². The minimum absolute atomic E-state index is 0.0543. The Bertz CT molecular complexity index is 1390. The molecular formula is C21H19F6N7O6S. The molecule has 1 aromatic rings. The third kappa shape index (κ3) is 4.40. The fourth-order valence-corrected chi connectivity index (χ4v) is 5.98. The van der Waals surface area contributed by atoms with Gasteiger partial charge in [0.05, 0.1) is 41.6 Å². The van der Waals surface area contributed by atoms with Crippen LogP contribution in [0.2, 0.25) is 0 Å². The first-order chi connectivity index (χ1) is 18.9. The number of ether oxygens (including phenoxy) is 1. The van der Waals surface area contributed by atoms with Gasteiger partial charge in [-0.25, -0.2) is 14.8 Å². The summed E-state index contributed by atoms with van der Waals surface area (Å²) in [7, 11) is 0. The highest BCUT2D eigenvalue weighted by Gasteiger charge is 2.74. The third-order valence-electron chi connectivity index (χ3n) is 7.08. The van der Waals surface area contributed by atoms with E-state index in [-0.39, 0.29) is 29.9 Å². The summed E-state index contributed by atoms with van der Waals surface area (Å²) in [5, 5.41) is 24.5. The molecule has 41 heavy (non-hydrogen) atoms. The Morgan fingerprint density at radius 3 is 2.41 bits per heavy atom. The van der Waals surface area contributed by atoms with E-state index in [1.807, 2.05) is 0 Å². The molecule has 1 spiro atoms. The summed E-state index contributed by atoms with van der Waals surface area (Å²) in [6.45, 7) is -1.14. The van der Waals surface area contributed by atoms with Crippen LogP contribution in [0.3, 0.4) is 0 Å². The minimum atomic E-state index is -5.27. The number of rotatable bonds is 4. The van der Waals surface area contributed by atoms with Gasteiger partial charge in [0.1, 0.15) is 6.04 Å². The van der Waals surface area contributed by atoms with E-state index >= 15 is 0 Å². The molecule has 5 rings (SSSR count). The van der Waals surface area contributed by atoms with Crippen molar-refractivity contribution >= 4 is 40.8 Å². The summed E-state index contributed by atoms with van der Waals surface area (Å²) >= 11 is 0.721. The maximum absolute atomic E-state index is 13.6. The van der Waals surface area contributed by atoms with Gasteiger partial charge in [-0.15, -0.1) is 0 Å². The molecule has 2 amide bonds. The number of carbonyl (C=O) groups is 3. The number of aliphatic hydroxyl groups is 2. The number of halogens is 6. The zero-order valence-electron chi connectivity index (χ0n) is 20.2. The lowest BCUT2D eigenvalue weighted by Gasteiger charge is -2.48. The van der Waals surface area contributed by atoms with E-state index in [0.717, 1.165) is 21.6 Å². The molecule has 0 radical (unpaired) electrons. The molecule has 0 bridgehead atoms. The van der Waals surface area contributed by atoms with Gasteiger partial charge in [0, 0.05) is 0 Å². The van der Waals surface area contributed by atoms with Crippen molar-refractivity contribution in [2.75, 3.05) is 18.8 Å². The lowest BCUT2D eigenvalue weighted by molar-refractivity contribution is -0.256. The number of thioether (sulfide) groups is 1. The van der Waals surface area contributed by atoms with Gasteiger partial charge >= 0.3 is 18.3 Å². The van der Waals surface area contributed by atoms with Gasteiger partial charge in [-0.3, -0.25) is 14.5 Å². The fourth-order valence-electron chi connectivity index (χ4n) is 5.25. The molecule has 2 saturated heterocycles. The number of nitrogens with zero attached hydrogens (tertiary/aromatic N) is 4. The number of benzene rings is 1. The highest BCUT2D eigenvalue weighted by Crippen LogP contribution is 2.46. The van der Waals surface area contributed by atoms with Crippen molar-refractivity contribution in [3.05, 3.63) is 34.9 Å². The summed E-state index contributed by atoms with van der Waals surface area (Å²) in [4.78, 5) is 47.3. The van der Waals surface area contributed by atoms with E-state index in [1.54, 1.807) is 0 Å². The summed E-state index contributed by atoms with van der Waals surface area (Å²) in [6.07, 6.45) is -12.5. The number of carbonyl (C=O) groups excluding carboxylic acids is 3. The van der Waals surface area contributed by atoms with Gasteiger partial charge in [0.15, 0.2) is 23.7 Å². The van der Waals surface area contributed by atoms with E-state index in [2.05, 4.69) is 15.3 Å². The maximum atomic E-state index is 13.6. The largest absolute Gasteiger partial charge is 0.451 e. The SMILES string of the molecule is NC1=N[C@H]2[C@H](CN3C(=O)CSC3=O)N=C(N)N3C[C@H](OC(=O)c4cc(C(F)(F)F)ccc4C(F)(F)F)C(O)(O)[C@]23N1. The normalized spacial score (nSPS) is 29.1. The molecule has 7 N–H and O–H groups in total. The molecule has 2 fully saturated rings. The van der Waals surface area contributed by atoms with Crippen molar-refractivity contribution in [1.82, 2.24) is 15.1 Å². The second-order valence-corrected chi connectivity index (χ2v) is 10.4. The number of esters is 1. The van der Waals surface area contributed by atoms with Crippen LogP contribution in [0, 0.1) is 0 Å². The Hall–Kier alpha value is -3.78. The summed E-state index contributed by atoms with van der Waals surface area (Å²) in [6, 6.07) is -2.49. The van der Waals surface area contributed by atoms with Crippen molar-refractivity contribution in [2.24, 2.45) is 21.5 Å². The van der Waals surface area contributed by atoms with Crippen LogP contribution < -0.4 is 16.8 Å². The van der Waals surface area contributed by atoms with Crippen molar-refractivity contribution in [3.63, 3.8) is 0 Å². The van der Waals surface area contributed by atoms with Gasteiger partial charge in [0.2, 0.25) is 11.7 Å². The molecule has 13 nitrogen and oxygen atoms in total. The van der Waals surface area contributed by atoms with Gasteiger partial charge in [-0.2, -0.15) is 26.3 Å². The van der Waals surface area contributed by atoms with Crippen LogP contribution in [0.4, 0.5) is 31.1 Å². The molecule has 1 aromatic carbocycles. The molecule has 20 heteroatoms. The number of nitrogens with one attached hydrogen (secondary N) is 1. The molecule has 0 aliphatic carbocycles. The second-order valence-electron chi connectivity index (χ2n) is 9.45. The van der Waals surface area contributed by atoms with Crippen molar-refractivity contribution < 1.29 is 55.7 Å². The monoisotopic (exact) mass is 611 g/mol. The van der Waals surface area contributed by atoms with Crippen molar-refractivity contribution in [1.29, 1.82) is 0 Å². The number of amides is 2. The zero-order valence-corrected chi connectivity index (χ0v) is 21.0. The number of alkyl halides is 6. The van der Waals surface area contributed by atoms with E-state index < -0.39 is 94.8 Å². The van der Waals surface area contributed by atoms with Gasteiger partial charge < -0.3 is 36.6 Å². The van der Waals surface area contributed by atoms with Crippen LogP contribution in [-0.2, 0) is 21.9 Å². The van der Waals surface area contributed by atoms with Gasteiger partial charge in [-0.1, -0.05) is 11.8 Å². The first-order valence-corrected chi connectivity index (χ1v) is 12.5. The van der Waals surface area contributed by atoms with Crippen molar-refractivity contribution in [2.45, 2.75) is 42.0 Å². The number of hydrogen-bond acceptors (Lipinski definition) is 13. The molecule has 4 aliphatic heterocycles. The van der Waals surface area contributed by atoms with Crippen LogP contribution in [0.15, 0.2) is 28.2 Å². The number of imide groups is 1. The lowest BCUT2D eigenvalue weighted by Crippen LogP contribution is -2.77. The third-order valence-corrected chi connectivity index (χ3v) is 7.94. The number of aliphatic imine (C=N–C) groups is 2. The molecule has 0 aromatic heterocycles. The maximum Gasteiger partial charge on any atom is 0.417 e. The average Bonchev–Trinajstić information content (AvgIpc) is 3.45. The lowest BCUT2D eigenvalue weighted by atomic mass is 9.85. The first kappa shape index (κ1) is 28.7. The number of guanidine groups is 2. The summed E-state index contributed by atoms with van der Waals surface area (Å²) in [5.41, 5.74) is 4.71. The topological polar surface area (TPSA) is 196 Å². The molecule has 0 saturated carbocycles. The number of hydrogen-bond donors (Lipinski definition) is 5. The fraction of sp³-hybridized carbons (Fsp3) is 0.476. The van der Waals surface area contributed by atoms with Crippen molar-refractivity contribution in [3.8, 4) is 0 Å².